The number of anilines is 1. The number of hydrogen-bond acceptors (Lipinski definition) is 2. The van der Waals surface area contributed by atoms with Crippen molar-refractivity contribution in [2.75, 3.05) is 5.32 Å². The van der Waals surface area contributed by atoms with Gasteiger partial charge in [0.2, 0.25) is 0 Å². The summed E-state index contributed by atoms with van der Waals surface area (Å²) in [6.07, 6.45) is 0. The normalized spacial score (nSPS) is 9.81. The van der Waals surface area contributed by atoms with Gasteiger partial charge in [0.1, 0.15) is 0 Å². The Labute approximate surface area is 133 Å². The average Bonchev–Trinajstić information content (AvgIpc) is 2.48. The Bertz CT molecular complexity index is 658. The van der Waals surface area contributed by atoms with Crippen molar-refractivity contribution in [2.45, 2.75) is 6.92 Å². The van der Waals surface area contributed by atoms with Crippen molar-refractivity contribution in [1.82, 2.24) is 10.9 Å². The second-order valence-electron chi connectivity index (χ2n) is 4.36. The molecule has 0 aliphatic heterocycles. The van der Waals surface area contributed by atoms with Crippen molar-refractivity contribution in [2.24, 2.45) is 0 Å². The lowest BCUT2D eigenvalue weighted by Crippen LogP contribution is -2.43. The molecular weight excluding hydrogens is 306 g/mol. The molecule has 0 fully saturated rings. The molecule has 21 heavy (non-hydrogen) atoms. The summed E-state index contributed by atoms with van der Waals surface area (Å²) in [6.45, 7) is 1.87. The first-order chi connectivity index (χ1) is 10.1. The molecule has 0 aliphatic carbocycles. The summed E-state index contributed by atoms with van der Waals surface area (Å²) in [4.78, 5) is 12.0. The van der Waals surface area contributed by atoms with E-state index in [-0.39, 0.29) is 5.91 Å². The van der Waals surface area contributed by atoms with Crippen molar-refractivity contribution < 1.29 is 4.79 Å². The van der Waals surface area contributed by atoms with Crippen LogP contribution in [0.5, 0.6) is 0 Å². The zero-order valence-corrected chi connectivity index (χ0v) is 12.9. The number of hydrazine groups is 1. The van der Waals surface area contributed by atoms with Gasteiger partial charge in [-0.15, -0.1) is 0 Å². The van der Waals surface area contributed by atoms with E-state index in [0.29, 0.717) is 15.7 Å². The first-order valence-electron chi connectivity index (χ1n) is 6.25. The minimum atomic E-state index is -0.242. The van der Waals surface area contributed by atoms with Gasteiger partial charge in [0, 0.05) is 16.3 Å². The number of amides is 1. The molecule has 6 heteroatoms. The van der Waals surface area contributed by atoms with E-state index in [2.05, 4.69) is 16.2 Å². The molecule has 0 aromatic heterocycles. The second-order valence-corrected chi connectivity index (χ2v) is 5.20. The summed E-state index contributed by atoms with van der Waals surface area (Å²) < 4.78 is 0. The van der Waals surface area contributed by atoms with Gasteiger partial charge >= 0.3 is 0 Å². The highest BCUT2D eigenvalue weighted by atomic mass is 35.5. The van der Waals surface area contributed by atoms with E-state index in [1.54, 1.807) is 30.3 Å². The fourth-order valence-electron chi connectivity index (χ4n) is 1.70. The van der Waals surface area contributed by atoms with Gasteiger partial charge < -0.3 is 5.32 Å². The lowest BCUT2D eigenvalue weighted by Gasteiger charge is -2.12. The molecule has 0 atom stereocenters. The van der Waals surface area contributed by atoms with Gasteiger partial charge in [-0.1, -0.05) is 29.8 Å². The average molecular weight is 320 g/mol. The Hall–Kier alpha value is -2.11. The highest BCUT2D eigenvalue weighted by Gasteiger charge is 2.07. The van der Waals surface area contributed by atoms with Crippen LogP contribution < -0.4 is 16.2 Å². The molecule has 2 rings (SSSR count). The summed E-state index contributed by atoms with van der Waals surface area (Å²) >= 11 is 10.9. The van der Waals surface area contributed by atoms with Crippen LogP contribution in [0.15, 0.2) is 48.5 Å². The lowest BCUT2D eigenvalue weighted by atomic mass is 10.1. The minimum Gasteiger partial charge on any atom is -0.331 e. The maximum Gasteiger partial charge on any atom is 0.269 e. The van der Waals surface area contributed by atoms with E-state index in [4.69, 9.17) is 23.8 Å². The number of carbonyl (C=O) groups excluding carboxylic acids is 1. The topological polar surface area (TPSA) is 53.2 Å². The predicted octanol–water partition coefficient (Wildman–Crippen LogP) is 3.28. The van der Waals surface area contributed by atoms with Crippen molar-refractivity contribution in [3.63, 3.8) is 0 Å². The SMILES string of the molecule is Cc1ccccc1C(=O)NNC(=S)Nc1ccc(Cl)cc1. The smallest absolute Gasteiger partial charge is 0.269 e. The van der Waals surface area contributed by atoms with Crippen LogP contribution >= 0.6 is 23.8 Å². The molecule has 0 radical (unpaired) electrons. The number of halogens is 1. The maximum atomic E-state index is 12.0. The lowest BCUT2D eigenvalue weighted by molar-refractivity contribution is 0.0943. The molecule has 2 aromatic carbocycles. The van der Waals surface area contributed by atoms with Gasteiger partial charge in [0.25, 0.3) is 5.91 Å². The van der Waals surface area contributed by atoms with Crippen LogP contribution in [-0.4, -0.2) is 11.0 Å². The monoisotopic (exact) mass is 319 g/mol. The molecular formula is C15H14ClN3OS. The van der Waals surface area contributed by atoms with Crippen LogP contribution in [0, 0.1) is 6.92 Å². The molecule has 0 bridgehead atoms. The standard InChI is InChI=1S/C15H14ClN3OS/c1-10-4-2-3-5-13(10)14(20)18-19-15(21)17-12-8-6-11(16)7-9-12/h2-9H,1H3,(H,18,20)(H2,17,19,21). The third kappa shape index (κ3) is 4.44. The third-order valence-corrected chi connectivity index (χ3v) is 3.24. The van der Waals surface area contributed by atoms with Crippen molar-refractivity contribution in [1.29, 1.82) is 0 Å². The van der Waals surface area contributed by atoms with Gasteiger partial charge in [0.15, 0.2) is 5.11 Å². The molecule has 0 spiro atoms. The molecule has 0 aliphatic rings. The van der Waals surface area contributed by atoms with Gasteiger partial charge in [-0.05, 0) is 55.0 Å². The molecule has 0 saturated heterocycles. The Morgan fingerprint density at radius 3 is 2.38 bits per heavy atom. The van der Waals surface area contributed by atoms with Crippen LogP contribution in [0.3, 0.4) is 0 Å². The first-order valence-corrected chi connectivity index (χ1v) is 7.03. The molecule has 1 amide bonds. The molecule has 108 valence electrons. The minimum absolute atomic E-state index is 0.242. The van der Waals surface area contributed by atoms with E-state index in [1.165, 1.54) is 0 Å². The Morgan fingerprint density at radius 1 is 1.05 bits per heavy atom. The summed E-state index contributed by atoms with van der Waals surface area (Å²) in [5, 5.41) is 3.87. The van der Waals surface area contributed by atoms with Crippen LogP contribution in [0.25, 0.3) is 0 Å². The number of rotatable bonds is 2. The third-order valence-electron chi connectivity index (χ3n) is 2.78. The Balaban J connectivity index is 1.88. The zero-order chi connectivity index (χ0) is 15.2. The Morgan fingerprint density at radius 2 is 1.71 bits per heavy atom. The number of carbonyl (C=O) groups is 1. The highest BCUT2D eigenvalue weighted by Crippen LogP contribution is 2.13. The van der Waals surface area contributed by atoms with Gasteiger partial charge in [-0.3, -0.25) is 15.6 Å². The number of thiocarbonyl (C=S) groups is 1. The summed E-state index contributed by atoms with van der Waals surface area (Å²) in [7, 11) is 0. The summed E-state index contributed by atoms with van der Waals surface area (Å²) in [5.41, 5.74) is 7.48. The van der Waals surface area contributed by atoms with E-state index in [9.17, 15) is 4.79 Å². The van der Waals surface area contributed by atoms with Crippen LogP contribution in [0.4, 0.5) is 5.69 Å². The van der Waals surface area contributed by atoms with Gasteiger partial charge in [-0.25, -0.2) is 0 Å². The second kappa shape index (κ2) is 7.06. The largest absolute Gasteiger partial charge is 0.331 e. The van der Waals surface area contributed by atoms with Gasteiger partial charge in [0.05, 0.1) is 0 Å². The molecule has 0 heterocycles. The van der Waals surface area contributed by atoms with E-state index in [1.807, 2.05) is 25.1 Å². The summed E-state index contributed by atoms with van der Waals surface area (Å²) in [5.74, 6) is -0.242. The molecule has 4 nitrogen and oxygen atoms in total. The summed E-state index contributed by atoms with van der Waals surface area (Å²) in [6, 6.07) is 14.4. The zero-order valence-electron chi connectivity index (χ0n) is 11.3. The fraction of sp³-hybridized carbons (Fsp3) is 0.0667. The number of aryl methyl sites for hydroxylation is 1. The van der Waals surface area contributed by atoms with Crippen LogP contribution in [0.2, 0.25) is 5.02 Å². The molecule has 0 saturated carbocycles. The molecule has 3 N–H and O–H groups in total. The van der Waals surface area contributed by atoms with Crippen molar-refractivity contribution >= 4 is 40.5 Å². The van der Waals surface area contributed by atoms with Gasteiger partial charge in [-0.2, -0.15) is 0 Å². The molecule has 0 unspecified atom stereocenters. The highest BCUT2D eigenvalue weighted by molar-refractivity contribution is 7.80. The Kier molecular flexibility index (Phi) is 5.14. The van der Waals surface area contributed by atoms with E-state index in [0.717, 1.165) is 11.3 Å². The quantitative estimate of drug-likeness (QED) is 0.587. The van der Waals surface area contributed by atoms with E-state index >= 15 is 0 Å². The number of benzene rings is 2. The molecule has 2 aromatic rings. The number of nitrogens with one attached hydrogen (secondary N) is 3. The first kappa shape index (κ1) is 15.3. The van der Waals surface area contributed by atoms with E-state index < -0.39 is 0 Å². The van der Waals surface area contributed by atoms with Crippen LogP contribution in [-0.2, 0) is 0 Å². The van der Waals surface area contributed by atoms with Crippen LogP contribution in [0.1, 0.15) is 15.9 Å². The maximum absolute atomic E-state index is 12.0. The van der Waals surface area contributed by atoms with Crippen molar-refractivity contribution in [3.8, 4) is 0 Å². The fourth-order valence-corrected chi connectivity index (χ4v) is 2.00. The number of hydrogen-bond donors (Lipinski definition) is 3. The van der Waals surface area contributed by atoms with Crippen molar-refractivity contribution in [3.05, 3.63) is 64.7 Å². The predicted molar refractivity (Wildman–Crippen MR) is 89.5 cm³/mol.